The fraction of sp³-hybridized carbons (Fsp3) is 0.107. The van der Waals surface area contributed by atoms with Crippen LogP contribution in [0.15, 0.2) is 124 Å². The predicted molar refractivity (Wildman–Crippen MR) is 148 cm³/mol. The summed E-state index contributed by atoms with van der Waals surface area (Å²) in [6, 6.07) is 34.0. The quantitative estimate of drug-likeness (QED) is 0.133. The van der Waals surface area contributed by atoms with E-state index in [0.29, 0.717) is 5.32 Å². The maximum atomic E-state index is 13.9. The molecule has 0 aliphatic rings. The Balaban J connectivity index is 1.77. The second-order valence-electron chi connectivity index (χ2n) is 7.94. The molecule has 0 N–H and O–H groups in total. The van der Waals surface area contributed by atoms with Crippen molar-refractivity contribution in [3.63, 3.8) is 0 Å². The molecule has 1 atom stereocenters. The van der Waals surface area contributed by atoms with Gasteiger partial charge in [-0.2, -0.15) is 0 Å². The van der Waals surface area contributed by atoms with Crippen LogP contribution in [-0.2, 0) is 10.0 Å². The van der Waals surface area contributed by atoms with Crippen LogP contribution in [0, 0.1) is 6.92 Å². The zero-order valence-corrected chi connectivity index (χ0v) is 23.3. The first-order valence-electron chi connectivity index (χ1n) is 11.1. The summed E-state index contributed by atoms with van der Waals surface area (Å²) in [6.07, 6.45) is 1.62. The molecular formula is C28H25BrN2O2SSe. The molecule has 0 fully saturated rings. The van der Waals surface area contributed by atoms with E-state index in [4.69, 9.17) is 0 Å². The Labute approximate surface area is 222 Å². The molecule has 1 unspecified atom stereocenters. The summed E-state index contributed by atoms with van der Waals surface area (Å²) in [4.78, 5) is 0.227. The van der Waals surface area contributed by atoms with Gasteiger partial charge in [-0.3, -0.25) is 0 Å². The molecule has 0 aliphatic heterocycles. The summed E-state index contributed by atoms with van der Waals surface area (Å²) in [5.41, 5.74) is 2.75. The minimum absolute atomic E-state index is 0.0323. The molecule has 0 aliphatic carbocycles. The summed E-state index contributed by atoms with van der Waals surface area (Å²) < 4.78 is 31.4. The molecule has 0 heterocycles. The van der Waals surface area contributed by atoms with Gasteiger partial charge in [-0.1, -0.05) is 0 Å². The summed E-state index contributed by atoms with van der Waals surface area (Å²) in [6.45, 7) is 1.94. The number of hydrazone groups is 1. The standard InChI is InChI=1S/C28H25BrN2O2SSe/c1-22-12-16-26(17-13-22)34(32,33)31(30-20-23-8-4-2-5-9-23)28(24-10-6-3-7-11-24)21-35-27-18-14-25(29)15-19-27/h2-20,28H,21H2,1H3. The molecule has 35 heavy (non-hydrogen) atoms. The fourth-order valence-corrected chi connectivity index (χ4v) is 7.46. The number of halogens is 1. The summed E-state index contributed by atoms with van der Waals surface area (Å²) in [7, 11) is -3.91. The van der Waals surface area contributed by atoms with E-state index in [2.05, 4.69) is 33.2 Å². The Morgan fingerprint density at radius 2 is 1.46 bits per heavy atom. The molecule has 7 heteroatoms. The van der Waals surface area contributed by atoms with Crippen molar-refractivity contribution in [2.24, 2.45) is 5.10 Å². The van der Waals surface area contributed by atoms with E-state index in [-0.39, 0.29) is 19.9 Å². The van der Waals surface area contributed by atoms with Gasteiger partial charge < -0.3 is 0 Å². The van der Waals surface area contributed by atoms with Gasteiger partial charge in [-0.25, -0.2) is 0 Å². The van der Waals surface area contributed by atoms with Gasteiger partial charge in [0.15, 0.2) is 0 Å². The van der Waals surface area contributed by atoms with Gasteiger partial charge in [-0.15, -0.1) is 0 Å². The topological polar surface area (TPSA) is 49.7 Å². The molecule has 0 spiro atoms. The van der Waals surface area contributed by atoms with Crippen LogP contribution >= 0.6 is 15.9 Å². The van der Waals surface area contributed by atoms with Crippen LogP contribution in [0.1, 0.15) is 22.7 Å². The van der Waals surface area contributed by atoms with Gasteiger partial charge in [0.2, 0.25) is 0 Å². The number of sulfonamides is 1. The molecule has 0 saturated carbocycles. The average Bonchev–Trinajstić information content (AvgIpc) is 2.88. The molecule has 4 aromatic rings. The molecule has 4 rings (SSSR count). The fourth-order valence-electron chi connectivity index (χ4n) is 3.46. The molecule has 0 bridgehead atoms. The van der Waals surface area contributed by atoms with Crippen LogP contribution in [0.3, 0.4) is 0 Å². The average molecular weight is 612 g/mol. The first-order valence-corrected chi connectivity index (χ1v) is 15.4. The van der Waals surface area contributed by atoms with Gasteiger partial charge in [0.05, 0.1) is 0 Å². The molecule has 0 saturated heterocycles. The van der Waals surface area contributed by atoms with Crippen LogP contribution in [-0.4, -0.2) is 34.0 Å². The van der Waals surface area contributed by atoms with Gasteiger partial charge in [0, 0.05) is 0 Å². The summed E-state index contributed by atoms with van der Waals surface area (Å²) >= 11 is 3.52. The first kappa shape index (κ1) is 25.4. The van der Waals surface area contributed by atoms with E-state index in [1.165, 1.54) is 8.88 Å². The van der Waals surface area contributed by atoms with Crippen molar-refractivity contribution in [2.75, 3.05) is 0 Å². The van der Waals surface area contributed by atoms with Gasteiger partial charge in [0.25, 0.3) is 0 Å². The molecular weight excluding hydrogens is 587 g/mol. The number of hydrogen-bond donors (Lipinski definition) is 0. The third-order valence-electron chi connectivity index (χ3n) is 5.36. The Hall–Kier alpha value is -2.70. The van der Waals surface area contributed by atoms with Crippen molar-refractivity contribution >= 4 is 51.6 Å². The predicted octanol–water partition coefficient (Wildman–Crippen LogP) is 5.97. The van der Waals surface area contributed by atoms with Crippen LogP contribution in [0.2, 0.25) is 5.32 Å². The minimum atomic E-state index is -3.91. The normalized spacial score (nSPS) is 12.5. The van der Waals surface area contributed by atoms with E-state index < -0.39 is 16.1 Å². The Morgan fingerprint density at radius 1 is 0.857 bits per heavy atom. The maximum absolute atomic E-state index is 13.9. The van der Waals surface area contributed by atoms with Crippen LogP contribution in [0.4, 0.5) is 0 Å². The zero-order chi connectivity index (χ0) is 24.7. The molecule has 178 valence electrons. The van der Waals surface area contributed by atoms with Crippen molar-refractivity contribution in [1.82, 2.24) is 4.41 Å². The van der Waals surface area contributed by atoms with Gasteiger partial charge in [-0.05, 0) is 0 Å². The summed E-state index contributed by atoms with van der Waals surface area (Å²) in [5.74, 6) is 0. The number of aryl methyl sites for hydroxylation is 1. The molecule has 4 nitrogen and oxygen atoms in total. The Morgan fingerprint density at radius 3 is 2.09 bits per heavy atom. The summed E-state index contributed by atoms with van der Waals surface area (Å²) in [5, 5.41) is 5.23. The zero-order valence-electron chi connectivity index (χ0n) is 19.2. The SMILES string of the molecule is Cc1ccc(S(=O)(=O)N(N=Cc2ccccc2)C(C[Se]c2ccc(Br)cc2)c2ccccc2)cc1. The number of nitrogens with zero attached hydrogens (tertiary/aromatic N) is 2. The van der Waals surface area contributed by atoms with Crippen molar-refractivity contribution in [1.29, 1.82) is 0 Å². The van der Waals surface area contributed by atoms with Crippen molar-refractivity contribution in [2.45, 2.75) is 23.2 Å². The van der Waals surface area contributed by atoms with Crippen molar-refractivity contribution < 1.29 is 8.42 Å². The van der Waals surface area contributed by atoms with Crippen LogP contribution < -0.4 is 4.46 Å². The van der Waals surface area contributed by atoms with Gasteiger partial charge in [0.1, 0.15) is 0 Å². The second-order valence-corrected chi connectivity index (χ2v) is 12.9. The molecule has 0 amide bonds. The Kier molecular flexibility index (Phi) is 8.58. The molecule has 4 aromatic carbocycles. The Bertz CT molecular complexity index is 1360. The third-order valence-corrected chi connectivity index (χ3v) is 9.88. The number of benzene rings is 4. The van der Waals surface area contributed by atoms with Crippen LogP contribution in [0.5, 0.6) is 0 Å². The van der Waals surface area contributed by atoms with E-state index in [9.17, 15) is 8.42 Å². The van der Waals surface area contributed by atoms with Crippen LogP contribution in [0.25, 0.3) is 0 Å². The van der Waals surface area contributed by atoms with E-state index in [1.54, 1.807) is 18.3 Å². The third kappa shape index (κ3) is 6.71. The van der Waals surface area contributed by atoms with Crippen molar-refractivity contribution in [3.8, 4) is 0 Å². The number of rotatable bonds is 9. The molecule has 0 radical (unpaired) electrons. The molecule has 0 aromatic heterocycles. The monoisotopic (exact) mass is 612 g/mol. The second kappa shape index (κ2) is 11.8. The number of hydrogen-bond acceptors (Lipinski definition) is 3. The van der Waals surface area contributed by atoms with E-state index in [0.717, 1.165) is 21.2 Å². The van der Waals surface area contributed by atoms with Gasteiger partial charge >= 0.3 is 223 Å². The van der Waals surface area contributed by atoms with Crippen molar-refractivity contribution in [3.05, 3.63) is 130 Å². The van der Waals surface area contributed by atoms with E-state index in [1.807, 2.05) is 91.9 Å². The van der Waals surface area contributed by atoms with E-state index >= 15 is 0 Å². The first-order chi connectivity index (χ1) is 16.9.